The zero-order valence-corrected chi connectivity index (χ0v) is 17.0. The molecule has 0 aliphatic carbocycles. The monoisotopic (exact) mass is 405 g/mol. The van der Waals surface area contributed by atoms with Crippen LogP contribution in [0.25, 0.3) is 16.7 Å². The molecule has 152 valence electrons. The Bertz CT molecular complexity index is 1290. The van der Waals surface area contributed by atoms with Crippen molar-refractivity contribution < 1.29 is 8.91 Å². The summed E-state index contributed by atoms with van der Waals surface area (Å²) in [6, 6.07) is 7.15. The van der Waals surface area contributed by atoms with Gasteiger partial charge in [0.2, 0.25) is 11.8 Å². The van der Waals surface area contributed by atoms with Gasteiger partial charge in [0.25, 0.3) is 0 Å². The number of alkyl halides is 1. The number of nitrogen functional groups attached to an aromatic ring is 1. The van der Waals surface area contributed by atoms with Gasteiger partial charge in [0.1, 0.15) is 11.4 Å². The number of aryl methyl sites for hydroxylation is 1. The van der Waals surface area contributed by atoms with Crippen LogP contribution in [0.2, 0.25) is 0 Å². The third kappa shape index (κ3) is 3.72. The van der Waals surface area contributed by atoms with Gasteiger partial charge in [-0.05, 0) is 39.0 Å². The zero-order valence-electron chi connectivity index (χ0n) is 17.0. The molecule has 1 aromatic carbocycles. The van der Waals surface area contributed by atoms with Crippen molar-refractivity contribution in [3.8, 4) is 17.7 Å². The molecule has 0 aliphatic heterocycles. The van der Waals surface area contributed by atoms with Crippen molar-refractivity contribution in [3.63, 3.8) is 0 Å². The van der Waals surface area contributed by atoms with E-state index in [9.17, 15) is 4.39 Å². The van der Waals surface area contributed by atoms with Gasteiger partial charge in [-0.3, -0.25) is 0 Å². The summed E-state index contributed by atoms with van der Waals surface area (Å²) >= 11 is 0. The molecule has 3 aromatic heterocycles. The van der Waals surface area contributed by atoms with Crippen LogP contribution in [0.3, 0.4) is 0 Å². The molecule has 0 spiro atoms. The molecule has 0 radical (unpaired) electrons. The lowest BCUT2D eigenvalue weighted by atomic mass is 10.0. The maximum atomic E-state index is 14.8. The maximum Gasteiger partial charge on any atom is 0.223 e. The molecule has 0 aliphatic rings. The van der Waals surface area contributed by atoms with Gasteiger partial charge >= 0.3 is 0 Å². The first-order chi connectivity index (χ1) is 14.2. The minimum atomic E-state index is -1.64. The molecule has 3 heterocycles. The summed E-state index contributed by atoms with van der Waals surface area (Å²) in [5, 5.41) is 9.05. The SMILES string of the molecule is Cc1nc(C(C)C#Cc2ccc3c(C(C)(C)F)nn(-c4ccnc(N)n4)c3c2)no1. The summed E-state index contributed by atoms with van der Waals surface area (Å²) in [6.07, 6.45) is 1.53. The highest BCUT2D eigenvalue weighted by molar-refractivity contribution is 5.85. The summed E-state index contributed by atoms with van der Waals surface area (Å²) < 4.78 is 21.4. The largest absolute Gasteiger partial charge is 0.368 e. The highest BCUT2D eigenvalue weighted by atomic mass is 19.1. The number of rotatable bonds is 3. The molecule has 1 atom stereocenters. The zero-order chi connectivity index (χ0) is 21.5. The number of nitrogens with two attached hydrogens (primary N) is 1. The van der Waals surface area contributed by atoms with E-state index in [1.807, 2.05) is 25.1 Å². The fraction of sp³-hybridized carbons (Fsp3) is 0.286. The number of anilines is 1. The first kappa shape index (κ1) is 19.5. The van der Waals surface area contributed by atoms with E-state index in [0.29, 0.717) is 34.1 Å². The summed E-state index contributed by atoms with van der Waals surface area (Å²) in [5.41, 5.74) is 5.80. The quantitative estimate of drug-likeness (QED) is 0.520. The Labute approximate surface area is 172 Å². The second-order valence-electron chi connectivity index (χ2n) is 7.40. The second-order valence-corrected chi connectivity index (χ2v) is 7.40. The molecule has 0 bridgehead atoms. The highest BCUT2D eigenvalue weighted by Gasteiger charge is 2.27. The standard InChI is InChI=1S/C21H20FN7O/c1-12(19-25-13(2)30-28-19)5-6-14-7-8-15-16(11-14)29(27-18(15)21(3,4)22)17-9-10-24-20(23)26-17/h7-12H,1-4H3,(H2,23,24,26). The van der Waals surface area contributed by atoms with Gasteiger partial charge in [0, 0.05) is 30.1 Å². The van der Waals surface area contributed by atoms with Crippen LogP contribution < -0.4 is 5.73 Å². The molecular formula is C21H20FN7O. The third-order valence-corrected chi connectivity index (χ3v) is 4.48. The Kier molecular flexibility index (Phi) is 4.70. The normalized spacial score (nSPS) is 12.6. The van der Waals surface area contributed by atoms with Gasteiger partial charge < -0.3 is 10.3 Å². The number of benzene rings is 1. The van der Waals surface area contributed by atoms with Crippen molar-refractivity contribution >= 4 is 16.9 Å². The molecule has 0 fully saturated rings. The van der Waals surface area contributed by atoms with Gasteiger partial charge in [-0.2, -0.15) is 15.1 Å². The Morgan fingerprint density at radius 2 is 2.03 bits per heavy atom. The van der Waals surface area contributed by atoms with Crippen LogP contribution in [0.5, 0.6) is 0 Å². The molecule has 8 nitrogen and oxygen atoms in total. The minimum Gasteiger partial charge on any atom is -0.368 e. The van der Waals surface area contributed by atoms with E-state index in [0.717, 1.165) is 5.56 Å². The van der Waals surface area contributed by atoms with E-state index >= 15 is 0 Å². The van der Waals surface area contributed by atoms with Crippen LogP contribution in [-0.2, 0) is 5.67 Å². The molecular weight excluding hydrogens is 385 g/mol. The summed E-state index contributed by atoms with van der Waals surface area (Å²) in [4.78, 5) is 12.3. The summed E-state index contributed by atoms with van der Waals surface area (Å²) in [6.45, 7) is 6.56. The van der Waals surface area contributed by atoms with E-state index < -0.39 is 5.67 Å². The number of fused-ring (bicyclic) bond motifs is 1. The number of halogens is 1. The lowest BCUT2D eigenvalue weighted by Gasteiger charge is -2.10. The van der Waals surface area contributed by atoms with Crippen LogP contribution in [0.15, 0.2) is 35.0 Å². The van der Waals surface area contributed by atoms with Gasteiger partial charge in [-0.15, -0.1) is 0 Å². The molecule has 1 unspecified atom stereocenters. The number of nitrogens with zero attached hydrogens (tertiary/aromatic N) is 6. The summed E-state index contributed by atoms with van der Waals surface area (Å²) in [5.74, 6) is 7.61. The van der Waals surface area contributed by atoms with E-state index in [1.54, 1.807) is 17.7 Å². The molecule has 0 amide bonds. The fourth-order valence-electron chi connectivity index (χ4n) is 3.04. The number of hydrogen-bond donors (Lipinski definition) is 1. The molecule has 4 aromatic rings. The van der Waals surface area contributed by atoms with Crippen LogP contribution in [-0.4, -0.2) is 29.9 Å². The van der Waals surface area contributed by atoms with Crippen LogP contribution >= 0.6 is 0 Å². The van der Waals surface area contributed by atoms with E-state index in [2.05, 4.69) is 37.0 Å². The van der Waals surface area contributed by atoms with Gasteiger partial charge in [-0.1, -0.05) is 17.0 Å². The van der Waals surface area contributed by atoms with Gasteiger partial charge in [0.05, 0.1) is 11.4 Å². The van der Waals surface area contributed by atoms with Crippen molar-refractivity contribution in [1.82, 2.24) is 29.9 Å². The van der Waals surface area contributed by atoms with Crippen LogP contribution in [0.4, 0.5) is 10.3 Å². The van der Waals surface area contributed by atoms with Gasteiger partial charge in [0.15, 0.2) is 11.6 Å². The topological polar surface area (TPSA) is 109 Å². The minimum absolute atomic E-state index is 0.109. The van der Waals surface area contributed by atoms with Crippen molar-refractivity contribution in [2.75, 3.05) is 5.73 Å². The van der Waals surface area contributed by atoms with E-state index in [4.69, 9.17) is 10.3 Å². The first-order valence-corrected chi connectivity index (χ1v) is 9.35. The molecule has 4 rings (SSSR count). The number of hydrogen-bond acceptors (Lipinski definition) is 7. The van der Waals surface area contributed by atoms with Crippen LogP contribution in [0.1, 0.15) is 49.7 Å². The predicted octanol–water partition coefficient (Wildman–Crippen LogP) is 3.45. The second kappa shape index (κ2) is 7.22. The van der Waals surface area contributed by atoms with Crippen molar-refractivity contribution in [2.24, 2.45) is 0 Å². The molecule has 0 saturated carbocycles. The Morgan fingerprint density at radius 1 is 1.23 bits per heavy atom. The molecule has 30 heavy (non-hydrogen) atoms. The van der Waals surface area contributed by atoms with Crippen molar-refractivity contribution in [3.05, 3.63) is 53.4 Å². The fourth-order valence-corrected chi connectivity index (χ4v) is 3.04. The van der Waals surface area contributed by atoms with E-state index in [1.165, 1.54) is 20.0 Å². The first-order valence-electron chi connectivity index (χ1n) is 9.35. The Balaban J connectivity index is 1.82. The Hall–Kier alpha value is -3.80. The number of aromatic nitrogens is 6. The molecule has 2 N–H and O–H groups in total. The van der Waals surface area contributed by atoms with Crippen LogP contribution in [0, 0.1) is 18.8 Å². The van der Waals surface area contributed by atoms with Crippen molar-refractivity contribution in [1.29, 1.82) is 0 Å². The average molecular weight is 405 g/mol. The van der Waals surface area contributed by atoms with Crippen molar-refractivity contribution in [2.45, 2.75) is 39.3 Å². The smallest absolute Gasteiger partial charge is 0.223 e. The third-order valence-electron chi connectivity index (χ3n) is 4.48. The molecule has 9 heteroatoms. The predicted molar refractivity (Wildman–Crippen MR) is 110 cm³/mol. The highest BCUT2D eigenvalue weighted by Crippen LogP contribution is 2.32. The molecule has 0 saturated heterocycles. The maximum absolute atomic E-state index is 14.8. The lowest BCUT2D eigenvalue weighted by molar-refractivity contribution is 0.215. The summed E-state index contributed by atoms with van der Waals surface area (Å²) in [7, 11) is 0. The average Bonchev–Trinajstić information content (AvgIpc) is 3.29. The lowest BCUT2D eigenvalue weighted by Crippen LogP contribution is -2.11. The van der Waals surface area contributed by atoms with E-state index in [-0.39, 0.29) is 11.9 Å². The van der Waals surface area contributed by atoms with Gasteiger partial charge in [-0.25, -0.2) is 14.1 Å². The Morgan fingerprint density at radius 3 is 2.70 bits per heavy atom.